The number of hydrogen-bond acceptors (Lipinski definition) is 4. The molecule has 5 heteroatoms. The van der Waals surface area contributed by atoms with E-state index in [1.54, 1.807) is 48.6 Å². The highest BCUT2D eigenvalue weighted by Crippen LogP contribution is 2.00. The second-order valence-electron chi connectivity index (χ2n) is 5.95. The molecule has 0 bridgehead atoms. The molecule has 0 aliphatic heterocycles. The molecule has 3 unspecified atom stereocenters. The van der Waals surface area contributed by atoms with Gasteiger partial charge in [0.2, 0.25) is 0 Å². The van der Waals surface area contributed by atoms with Crippen LogP contribution in [0.4, 0.5) is 0 Å². The van der Waals surface area contributed by atoms with Gasteiger partial charge in [-0.25, -0.2) is 0 Å². The van der Waals surface area contributed by atoms with E-state index in [4.69, 9.17) is 5.11 Å². The molecule has 4 N–H and O–H groups in total. The third-order valence-electron chi connectivity index (χ3n) is 3.39. The molecule has 0 radical (unpaired) electrons. The summed E-state index contributed by atoms with van der Waals surface area (Å²) in [6.45, 7) is 2.04. The van der Waals surface area contributed by atoms with Crippen molar-refractivity contribution in [1.29, 1.82) is 0 Å². The molecule has 5 nitrogen and oxygen atoms in total. The minimum atomic E-state index is -0.931. The first kappa shape index (κ1) is 24.8. The molecule has 0 aromatic rings. The van der Waals surface area contributed by atoms with E-state index in [-0.39, 0.29) is 12.8 Å². The second-order valence-corrected chi connectivity index (χ2v) is 5.95. The topological polar surface area (TPSA) is 98.0 Å². The first-order chi connectivity index (χ1) is 13.0. The molecule has 27 heavy (non-hydrogen) atoms. The zero-order valence-electron chi connectivity index (χ0n) is 15.9. The number of carboxylic acid groups (broad SMARTS) is 1. The Kier molecular flexibility index (Phi) is 15.8. The van der Waals surface area contributed by atoms with Crippen LogP contribution in [0.2, 0.25) is 0 Å². The normalized spacial score (nSPS) is 16.6. The molecule has 0 saturated heterocycles. The summed E-state index contributed by atoms with van der Waals surface area (Å²) >= 11 is 0. The molecule has 0 fully saturated rings. The number of aliphatic hydroxyl groups excluding tert-OH is 3. The molecular formula is C22H32O5. The number of carbonyl (C=O) groups is 1. The van der Waals surface area contributed by atoms with Crippen molar-refractivity contribution in [1.82, 2.24) is 0 Å². The van der Waals surface area contributed by atoms with E-state index < -0.39 is 24.3 Å². The van der Waals surface area contributed by atoms with Gasteiger partial charge in [0.05, 0.1) is 18.3 Å². The highest BCUT2D eigenvalue weighted by atomic mass is 16.4. The molecule has 150 valence electrons. The van der Waals surface area contributed by atoms with Crippen molar-refractivity contribution in [3.63, 3.8) is 0 Å². The fourth-order valence-corrected chi connectivity index (χ4v) is 1.93. The van der Waals surface area contributed by atoms with E-state index >= 15 is 0 Å². The molecule has 0 aliphatic carbocycles. The van der Waals surface area contributed by atoms with Gasteiger partial charge in [0.1, 0.15) is 0 Å². The molecule has 0 aromatic heterocycles. The largest absolute Gasteiger partial charge is 0.481 e. The minimum Gasteiger partial charge on any atom is -0.481 e. The Morgan fingerprint density at radius 2 is 1.26 bits per heavy atom. The van der Waals surface area contributed by atoms with Gasteiger partial charge >= 0.3 is 5.97 Å². The first-order valence-electron chi connectivity index (χ1n) is 9.21. The number of aliphatic carboxylic acids is 1. The summed E-state index contributed by atoms with van der Waals surface area (Å²) in [6.07, 6.45) is 21.2. The molecule has 3 atom stereocenters. The van der Waals surface area contributed by atoms with Gasteiger partial charge in [-0.2, -0.15) is 0 Å². The minimum absolute atomic E-state index is 0.0705. The van der Waals surface area contributed by atoms with Crippen molar-refractivity contribution < 1.29 is 25.2 Å². The van der Waals surface area contributed by atoms with Crippen LogP contribution in [-0.4, -0.2) is 44.7 Å². The van der Waals surface area contributed by atoms with E-state index in [1.165, 1.54) is 6.08 Å². The van der Waals surface area contributed by atoms with Gasteiger partial charge in [-0.3, -0.25) is 4.79 Å². The molecule has 0 rings (SSSR count). The molecule has 0 saturated carbocycles. The summed E-state index contributed by atoms with van der Waals surface area (Å²) in [5.41, 5.74) is 0. The standard InChI is InChI=1S/C22H32O5/c1-2-3-7-12-19(23)14-10-6-11-15-20(24)13-8-4-5-9-16-21(25)17-18-22(26)27/h3-11,13-14,16,19-21,23-25H,2,12,15,17-18H2,1H3,(H,26,27)/b5-4-,7-3-,11-6-,13-8+,14-10+,16-9+. The van der Waals surface area contributed by atoms with Crippen LogP contribution in [0.5, 0.6) is 0 Å². The van der Waals surface area contributed by atoms with Crippen molar-refractivity contribution in [2.75, 3.05) is 0 Å². The lowest BCUT2D eigenvalue weighted by atomic mass is 10.2. The Bertz CT molecular complexity index is 555. The third kappa shape index (κ3) is 18.4. The molecule has 0 spiro atoms. The Morgan fingerprint density at radius 1 is 0.741 bits per heavy atom. The van der Waals surface area contributed by atoms with Crippen LogP contribution in [0.1, 0.15) is 39.0 Å². The van der Waals surface area contributed by atoms with Crippen molar-refractivity contribution in [2.45, 2.75) is 57.3 Å². The van der Waals surface area contributed by atoms with Gasteiger partial charge in [0.15, 0.2) is 0 Å². The van der Waals surface area contributed by atoms with Gasteiger partial charge in [-0.1, -0.05) is 79.8 Å². The lowest BCUT2D eigenvalue weighted by Gasteiger charge is -2.00. The van der Waals surface area contributed by atoms with Crippen molar-refractivity contribution in [3.05, 3.63) is 72.9 Å². The number of allylic oxidation sites excluding steroid dienone is 7. The summed E-state index contributed by atoms with van der Waals surface area (Å²) in [7, 11) is 0. The highest BCUT2D eigenvalue weighted by molar-refractivity contribution is 5.66. The number of rotatable bonds is 14. The maximum Gasteiger partial charge on any atom is 0.303 e. The van der Waals surface area contributed by atoms with Gasteiger partial charge < -0.3 is 20.4 Å². The average Bonchev–Trinajstić information content (AvgIpc) is 2.62. The van der Waals surface area contributed by atoms with E-state index in [1.807, 2.05) is 25.2 Å². The van der Waals surface area contributed by atoms with Crippen LogP contribution in [0.15, 0.2) is 72.9 Å². The van der Waals surface area contributed by atoms with Crippen molar-refractivity contribution in [3.8, 4) is 0 Å². The van der Waals surface area contributed by atoms with Crippen molar-refractivity contribution in [2.24, 2.45) is 0 Å². The summed E-state index contributed by atoms with van der Waals surface area (Å²) < 4.78 is 0. The van der Waals surface area contributed by atoms with Crippen LogP contribution < -0.4 is 0 Å². The van der Waals surface area contributed by atoms with Crippen LogP contribution in [-0.2, 0) is 4.79 Å². The zero-order valence-corrected chi connectivity index (χ0v) is 15.9. The van der Waals surface area contributed by atoms with Crippen LogP contribution in [0.3, 0.4) is 0 Å². The summed E-state index contributed by atoms with van der Waals surface area (Å²) in [5, 5.41) is 37.5. The van der Waals surface area contributed by atoms with E-state index in [9.17, 15) is 20.1 Å². The zero-order chi connectivity index (χ0) is 20.3. The Morgan fingerprint density at radius 3 is 1.81 bits per heavy atom. The Hall–Kier alpha value is -2.21. The third-order valence-corrected chi connectivity index (χ3v) is 3.39. The lowest BCUT2D eigenvalue weighted by molar-refractivity contribution is -0.137. The fraction of sp³-hybridized carbons (Fsp3) is 0.409. The van der Waals surface area contributed by atoms with Gasteiger partial charge in [-0.15, -0.1) is 0 Å². The molecular weight excluding hydrogens is 344 g/mol. The monoisotopic (exact) mass is 376 g/mol. The smallest absolute Gasteiger partial charge is 0.303 e. The maximum atomic E-state index is 10.4. The maximum absolute atomic E-state index is 10.4. The lowest BCUT2D eigenvalue weighted by Crippen LogP contribution is -2.05. The predicted molar refractivity (Wildman–Crippen MR) is 109 cm³/mol. The van der Waals surface area contributed by atoms with Gasteiger partial charge in [-0.05, 0) is 25.7 Å². The molecule has 0 amide bonds. The quantitative estimate of drug-likeness (QED) is 0.275. The van der Waals surface area contributed by atoms with Gasteiger partial charge in [0.25, 0.3) is 0 Å². The van der Waals surface area contributed by atoms with E-state index in [2.05, 4.69) is 0 Å². The average molecular weight is 376 g/mol. The Balaban J connectivity index is 4.01. The van der Waals surface area contributed by atoms with Crippen molar-refractivity contribution >= 4 is 5.97 Å². The fourth-order valence-electron chi connectivity index (χ4n) is 1.93. The van der Waals surface area contributed by atoms with Crippen LogP contribution in [0.25, 0.3) is 0 Å². The van der Waals surface area contributed by atoms with E-state index in [0.29, 0.717) is 12.8 Å². The molecule has 0 heterocycles. The SMILES string of the molecule is CC/C=C\CC(O)/C=C/C=C\CC(O)/C=C/C=C\C=C\C(O)CCC(=O)O. The number of hydrogen-bond donors (Lipinski definition) is 4. The molecule has 0 aromatic carbocycles. The highest BCUT2D eigenvalue weighted by Gasteiger charge is 2.02. The van der Waals surface area contributed by atoms with E-state index in [0.717, 1.165) is 6.42 Å². The summed E-state index contributed by atoms with van der Waals surface area (Å²) in [4.78, 5) is 10.4. The second kappa shape index (κ2) is 17.2. The van der Waals surface area contributed by atoms with Crippen LogP contribution >= 0.6 is 0 Å². The van der Waals surface area contributed by atoms with Gasteiger partial charge in [0, 0.05) is 6.42 Å². The predicted octanol–water partition coefficient (Wildman–Crippen LogP) is 3.46. The van der Waals surface area contributed by atoms with Crippen LogP contribution in [0, 0.1) is 0 Å². The first-order valence-corrected chi connectivity index (χ1v) is 9.21. The number of aliphatic hydroxyl groups is 3. The number of carboxylic acids is 1. The Labute approximate surface area is 162 Å². The summed E-state index contributed by atoms with van der Waals surface area (Å²) in [5.74, 6) is -0.931. The molecule has 0 aliphatic rings. The summed E-state index contributed by atoms with van der Waals surface area (Å²) in [6, 6.07) is 0.